The molecule has 1 heterocycles. The SMILES string of the molecule is N#Cc1cccc(S(=O)(=O)N[C@@H]2CCN(Cc3ccc(SC(F)(F)F)cc3)C2)c1. The third kappa shape index (κ3) is 6.21. The van der Waals surface area contributed by atoms with E-state index in [0.29, 0.717) is 26.1 Å². The molecule has 0 aromatic heterocycles. The first-order valence-corrected chi connectivity index (χ1v) is 11.0. The molecule has 1 fully saturated rings. The fourth-order valence-corrected chi connectivity index (χ4v) is 4.99. The number of halogens is 3. The minimum atomic E-state index is -4.31. The summed E-state index contributed by atoms with van der Waals surface area (Å²) in [6.45, 7) is 1.69. The summed E-state index contributed by atoms with van der Waals surface area (Å²) in [6, 6.07) is 13.7. The largest absolute Gasteiger partial charge is 0.446 e. The van der Waals surface area contributed by atoms with Gasteiger partial charge in [0.05, 0.1) is 16.5 Å². The zero-order valence-corrected chi connectivity index (χ0v) is 16.8. The van der Waals surface area contributed by atoms with Crippen molar-refractivity contribution in [2.75, 3.05) is 13.1 Å². The van der Waals surface area contributed by atoms with Crippen LogP contribution in [-0.2, 0) is 16.6 Å². The minimum Gasteiger partial charge on any atom is -0.297 e. The molecular formula is C19H18F3N3O2S2. The van der Waals surface area contributed by atoms with Crippen molar-refractivity contribution in [3.8, 4) is 6.07 Å². The zero-order valence-electron chi connectivity index (χ0n) is 15.2. The van der Waals surface area contributed by atoms with E-state index in [-0.39, 0.29) is 33.2 Å². The van der Waals surface area contributed by atoms with Crippen molar-refractivity contribution in [2.45, 2.75) is 34.3 Å². The van der Waals surface area contributed by atoms with Crippen molar-refractivity contribution >= 4 is 21.8 Å². The topological polar surface area (TPSA) is 73.2 Å². The quantitative estimate of drug-likeness (QED) is 0.692. The Morgan fingerprint density at radius 3 is 2.59 bits per heavy atom. The Labute approximate surface area is 171 Å². The molecule has 2 aromatic rings. The van der Waals surface area contributed by atoms with E-state index in [2.05, 4.69) is 4.72 Å². The Morgan fingerprint density at radius 2 is 1.93 bits per heavy atom. The summed E-state index contributed by atoms with van der Waals surface area (Å²) in [4.78, 5) is 2.23. The third-order valence-electron chi connectivity index (χ3n) is 4.43. The molecule has 1 atom stereocenters. The van der Waals surface area contributed by atoms with Crippen LogP contribution in [0.2, 0.25) is 0 Å². The van der Waals surface area contributed by atoms with Crippen LogP contribution in [0.4, 0.5) is 13.2 Å². The van der Waals surface area contributed by atoms with Gasteiger partial charge in [0.25, 0.3) is 0 Å². The maximum atomic E-state index is 12.5. The molecular weight excluding hydrogens is 423 g/mol. The van der Waals surface area contributed by atoms with E-state index in [1.165, 1.54) is 36.4 Å². The Morgan fingerprint density at radius 1 is 1.21 bits per heavy atom. The van der Waals surface area contributed by atoms with Gasteiger partial charge >= 0.3 is 5.51 Å². The fourth-order valence-electron chi connectivity index (χ4n) is 3.15. The highest BCUT2D eigenvalue weighted by Gasteiger charge is 2.29. The summed E-state index contributed by atoms with van der Waals surface area (Å²) in [6.07, 6.45) is 0.624. The maximum absolute atomic E-state index is 12.5. The van der Waals surface area contributed by atoms with E-state index < -0.39 is 15.5 Å². The monoisotopic (exact) mass is 441 g/mol. The van der Waals surface area contributed by atoms with Gasteiger partial charge < -0.3 is 0 Å². The summed E-state index contributed by atoms with van der Waals surface area (Å²) < 4.78 is 64.9. The highest BCUT2D eigenvalue weighted by atomic mass is 32.2. The number of sulfonamides is 1. The lowest BCUT2D eigenvalue weighted by Gasteiger charge is -2.17. The van der Waals surface area contributed by atoms with Gasteiger partial charge in [0, 0.05) is 30.6 Å². The number of alkyl halides is 3. The van der Waals surface area contributed by atoms with Gasteiger partial charge in [-0.25, -0.2) is 13.1 Å². The number of nitrogens with zero attached hydrogens (tertiary/aromatic N) is 2. The Kier molecular flexibility index (Phi) is 6.53. The lowest BCUT2D eigenvalue weighted by Crippen LogP contribution is -2.37. The van der Waals surface area contributed by atoms with Crippen LogP contribution in [0.25, 0.3) is 0 Å². The van der Waals surface area contributed by atoms with E-state index in [4.69, 9.17) is 5.26 Å². The molecule has 1 N–H and O–H groups in total. The average Bonchev–Trinajstić information content (AvgIpc) is 3.08. The molecule has 154 valence electrons. The Balaban J connectivity index is 1.57. The molecule has 1 aliphatic heterocycles. The number of likely N-dealkylation sites (tertiary alicyclic amines) is 1. The van der Waals surface area contributed by atoms with Gasteiger partial charge in [-0.3, -0.25) is 4.90 Å². The molecule has 0 saturated carbocycles. The fraction of sp³-hybridized carbons (Fsp3) is 0.316. The van der Waals surface area contributed by atoms with Crippen LogP contribution in [0.1, 0.15) is 17.5 Å². The summed E-state index contributed by atoms with van der Waals surface area (Å²) in [5.74, 6) is 0. The lowest BCUT2D eigenvalue weighted by atomic mass is 10.2. The van der Waals surface area contributed by atoms with Gasteiger partial charge in [-0.15, -0.1) is 0 Å². The van der Waals surface area contributed by atoms with Crippen LogP contribution in [-0.4, -0.2) is 38.0 Å². The number of rotatable bonds is 6. The number of benzene rings is 2. The summed E-state index contributed by atoms with van der Waals surface area (Å²) >= 11 is -0.151. The molecule has 1 saturated heterocycles. The average molecular weight is 442 g/mol. The second-order valence-corrected chi connectivity index (χ2v) is 9.53. The van der Waals surface area contributed by atoms with Gasteiger partial charge in [0.1, 0.15) is 0 Å². The predicted molar refractivity (Wildman–Crippen MR) is 104 cm³/mol. The summed E-state index contributed by atoms with van der Waals surface area (Å²) in [5, 5.41) is 8.93. The number of thioether (sulfide) groups is 1. The van der Waals surface area contributed by atoms with Crippen molar-refractivity contribution in [3.63, 3.8) is 0 Å². The maximum Gasteiger partial charge on any atom is 0.446 e. The van der Waals surface area contributed by atoms with Gasteiger partial charge in [-0.2, -0.15) is 18.4 Å². The standard InChI is InChI=1S/C19H18F3N3O2S2/c20-19(21,22)28-17-6-4-14(5-7-17)12-25-9-8-16(13-25)24-29(26,27)18-3-1-2-15(10-18)11-23/h1-7,10,16,24H,8-9,12-13H2/t16-/m1/s1. The molecule has 2 aromatic carbocycles. The van der Waals surface area contributed by atoms with Gasteiger partial charge in [0.2, 0.25) is 10.0 Å². The second-order valence-electron chi connectivity index (χ2n) is 6.67. The molecule has 3 rings (SSSR count). The van der Waals surface area contributed by atoms with E-state index >= 15 is 0 Å². The molecule has 5 nitrogen and oxygen atoms in total. The first-order chi connectivity index (χ1) is 13.6. The number of nitriles is 1. The lowest BCUT2D eigenvalue weighted by molar-refractivity contribution is -0.0328. The van der Waals surface area contributed by atoms with Crippen LogP contribution in [0, 0.1) is 11.3 Å². The van der Waals surface area contributed by atoms with Crippen LogP contribution in [0.5, 0.6) is 0 Å². The molecule has 0 bridgehead atoms. The van der Waals surface area contributed by atoms with E-state index in [1.807, 2.05) is 11.0 Å². The molecule has 0 radical (unpaired) electrons. The normalized spacial score (nSPS) is 17.9. The highest BCUT2D eigenvalue weighted by molar-refractivity contribution is 8.00. The number of nitrogens with one attached hydrogen (secondary N) is 1. The van der Waals surface area contributed by atoms with Crippen molar-refractivity contribution in [3.05, 3.63) is 59.7 Å². The third-order valence-corrected chi connectivity index (χ3v) is 6.69. The molecule has 29 heavy (non-hydrogen) atoms. The van der Waals surface area contributed by atoms with Gasteiger partial charge in [-0.05, 0) is 54.1 Å². The molecule has 0 aliphatic carbocycles. The molecule has 1 aliphatic rings. The first kappa shape index (κ1) is 21.6. The summed E-state index contributed by atoms with van der Waals surface area (Å²) in [7, 11) is -3.73. The van der Waals surface area contributed by atoms with Crippen molar-refractivity contribution in [1.82, 2.24) is 9.62 Å². The number of hydrogen-bond acceptors (Lipinski definition) is 5. The van der Waals surface area contributed by atoms with Crippen LogP contribution in [0.15, 0.2) is 58.3 Å². The minimum absolute atomic E-state index is 0.0488. The van der Waals surface area contributed by atoms with Gasteiger partial charge in [0.15, 0.2) is 0 Å². The molecule has 0 unspecified atom stereocenters. The molecule has 10 heteroatoms. The van der Waals surface area contributed by atoms with Crippen molar-refractivity contribution in [1.29, 1.82) is 5.26 Å². The van der Waals surface area contributed by atoms with Crippen LogP contribution in [0.3, 0.4) is 0 Å². The molecule has 0 spiro atoms. The highest BCUT2D eigenvalue weighted by Crippen LogP contribution is 2.36. The zero-order chi connectivity index (χ0) is 21.1. The van der Waals surface area contributed by atoms with Gasteiger partial charge in [-0.1, -0.05) is 18.2 Å². The Bertz CT molecular complexity index is 1000. The van der Waals surface area contributed by atoms with E-state index in [1.54, 1.807) is 12.1 Å². The number of hydrogen-bond donors (Lipinski definition) is 1. The predicted octanol–water partition coefficient (Wildman–Crippen LogP) is 3.72. The van der Waals surface area contributed by atoms with E-state index in [9.17, 15) is 21.6 Å². The van der Waals surface area contributed by atoms with Crippen LogP contribution >= 0.6 is 11.8 Å². The van der Waals surface area contributed by atoms with Crippen LogP contribution < -0.4 is 4.72 Å². The Hall–Kier alpha value is -2.06. The smallest absolute Gasteiger partial charge is 0.297 e. The van der Waals surface area contributed by atoms with Crippen molar-refractivity contribution < 1.29 is 21.6 Å². The molecule has 0 amide bonds. The second kappa shape index (κ2) is 8.75. The first-order valence-electron chi connectivity index (χ1n) is 8.74. The van der Waals surface area contributed by atoms with E-state index in [0.717, 1.165) is 5.56 Å². The van der Waals surface area contributed by atoms with Crippen molar-refractivity contribution in [2.24, 2.45) is 0 Å². The summed E-state index contributed by atoms with van der Waals surface area (Å²) in [5.41, 5.74) is -3.18.